The molecule has 144 valence electrons. The maximum absolute atomic E-state index is 11.2. The first-order valence-corrected chi connectivity index (χ1v) is 10.7. The molecule has 1 atom stereocenters. The molecule has 7 heteroatoms. The zero-order valence-corrected chi connectivity index (χ0v) is 16.8. The molecule has 0 aliphatic heterocycles. The van der Waals surface area contributed by atoms with Crippen molar-refractivity contribution in [1.29, 1.82) is 0 Å². The van der Waals surface area contributed by atoms with Crippen molar-refractivity contribution in [2.75, 3.05) is 43.9 Å². The van der Waals surface area contributed by atoms with Gasteiger partial charge in [-0.1, -0.05) is 27.7 Å². The normalized spacial score (nSPS) is 13.2. The van der Waals surface area contributed by atoms with E-state index in [-0.39, 0.29) is 6.04 Å². The molecule has 1 aromatic carbocycles. The average Bonchev–Trinajstić information content (AvgIpc) is 2.52. The standard InChI is InChI=1S/C18H32N2O4S/c1-6-20(7-2)17(13-23-12-15(3)4)14-24-18-10-8-16(9-11-18)19-25(5,21)22/h8-11,15,17,19H,6-7,12-14H2,1-5H3. The number of nitrogens with zero attached hydrogens (tertiary/aromatic N) is 1. The lowest BCUT2D eigenvalue weighted by Gasteiger charge is -2.29. The van der Waals surface area contributed by atoms with E-state index >= 15 is 0 Å². The zero-order valence-electron chi connectivity index (χ0n) is 16.0. The molecule has 0 aliphatic carbocycles. The van der Waals surface area contributed by atoms with Crippen molar-refractivity contribution in [2.45, 2.75) is 33.7 Å². The maximum atomic E-state index is 11.2. The van der Waals surface area contributed by atoms with Gasteiger partial charge in [-0.05, 0) is 43.3 Å². The third-order valence-corrected chi connectivity index (χ3v) is 4.30. The van der Waals surface area contributed by atoms with Crippen LogP contribution in [0.15, 0.2) is 24.3 Å². The SMILES string of the molecule is CCN(CC)C(COCC(C)C)COc1ccc(NS(C)(=O)=O)cc1. The molecule has 0 saturated carbocycles. The van der Waals surface area contributed by atoms with Crippen molar-refractivity contribution >= 4 is 15.7 Å². The topological polar surface area (TPSA) is 67.9 Å². The summed E-state index contributed by atoms with van der Waals surface area (Å²) in [4.78, 5) is 2.32. The van der Waals surface area contributed by atoms with E-state index < -0.39 is 10.0 Å². The molecule has 1 rings (SSSR count). The van der Waals surface area contributed by atoms with E-state index in [1.165, 1.54) is 0 Å². The third-order valence-electron chi connectivity index (χ3n) is 3.69. The number of sulfonamides is 1. The summed E-state index contributed by atoms with van der Waals surface area (Å²) in [6, 6.07) is 7.10. The van der Waals surface area contributed by atoms with Gasteiger partial charge >= 0.3 is 0 Å². The Balaban J connectivity index is 2.62. The molecule has 0 heterocycles. The molecule has 0 aromatic heterocycles. The van der Waals surface area contributed by atoms with Gasteiger partial charge in [0.25, 0.3) is 0 Å². The molecule has 1 N–H and O–H groups in total. The summed E-state index contributed by atoms with van der Waals surface area (Å²) >= 11 is 0. The minimum Gasteiger partial charge on any atom is -0.492 e. The van der Waals surface area contributed by atoms with Crippen LogP contribution in [0.1, 0.15) is 27.7 Å². The van der Waals surface area contributed by atoms with Crippen LogP contribution in [0, 0.1) is 5.92 Å². The van der Waals surface area contributed by atoms with Gasteiger partial charge in [-0.25, -0.2) is 8.42 Å². The van der Waals surface area contributed by atoms with Crippen molar-refractivity contribution in [3.8, 4) is 5.75 Å². The van der Waals surface area contributed by atoms with Crippen LogP contribution in [0.4, 0.5) is 5.69 Å². The molecule has 1 unspecified atom stereocenters. The summed E-state index contributed by atoms with van der Waals surface area (Å²) in [6.45, 7) is 12.3. The van der Waals surface area contributed by atoms with Gasteiger partial charge in [-0.3, -0.25) is 9.62 Å². The van der Waals surface area contributed by atoms with Crippen molar-refractivity contribution < 1.29 is 17.9 Å². The number of rotatable bonds is 12. The maximum Gasteiger partial charge on any atom is 0.229 e. The second-order valence-corrected chi connectivity index (χ2v) is 8.26. The first kappa shape index (κ1) is 21.7. The van der Waals surface area contributed by atoms with Gasteiger partial charge in [0.2, 0.25) is 10.0 Å². The number of benzene rings is 1. The number of nitrogens with one attached hydrogen (secondary N) is 1. The number of ether oxygens (including phenoxy) is 2. The Morgan fingerprint density at radius 2 is 1.64 bits per heavy atom. The number of likely N-dealkylation sites (N-methyl/N-ethyl adjacent to an activating group) is 1. The van der Waals surface area contributed by atoms with Gasteiger partial charge < -0.3 is 9.47 Å². The Kier molecular flexibility index (Phi) is 9.24. The van der Waals surface area contributed by atoms with Crippen LogP contribution in [0.3, 0.4) is 0 Å². The quantitative estimate of drug-likeness (QED) is 0.611. The van der Waals surface area contributed by atoms with E-state index in [4.69, 9.17) is 9.47 Å². The van der Waals surface area contributed by atoms with Crippen LogP contribution >= 0.6 is 0 Å². The molecule has 1 aromatic rings. The molecule has 0 radical (unpaired) electrons. The highest BCUT2D eigenvalue weighted by Gasteiger charge is 2.17. The summed E-state index contributed by atoms with van der Waals surface area (Å²) < 4.78 is 36.6. The minimum absolute atomic E-state index is 0.183. The van der Waals surface area contributed by atoms with Crippen molar-refractivity contribution in [3.63, 3.8) is 0 Å². The Morgan fingerprint density at radius 3 is 2.12 bits per heavy atom. The van der Waals surface area contributed by atoms with E-state index in [9.17, 15) is 8.42 Å². The van der Waals surface area contributed by atoms with E-state index in [1.54, 1.807) is 24.3 Å². The fraction of sp³-hybridized carbons (Fsp3) is 0.667. The molecule has 0 fully saturated rings. The van der Waals surface area contributed by atoms with Gasteiger partial charge in [0.05, 0.1) is 18.9 Å². The average molecular weight is 373 g/mol. The lowest BCUT2D eigenvalue weighted by Crippen LogP contribution is -2.42. The van der Waals surface area contributed by atoms with E-state index in [0.717, 1.165) is 26.0 Å². The van der Waals surface area contributed by atoms with Gasteiger partial charge in [0, 0.05) is 12.3 Å². The second kappa shape index (κ2) is 10.6. The molecule has 0 bridgehead atoms. The molecule has 0 amide bonds. The molecule has 0 spiro atoms. The summed E-state index contributed by atoms with van der Waals surface area (Å²) in [6.07, 6.45) is 1.13. The highest BCUT2D eigenvalue weighted by atomic mass is 32.2. The lowest BCUT2D eigenvalue weighted by atomic mass is 10.2. The number of hydrogen-bond acceptors (Lipinski definition) is 5. The third kappa shape index (κ3) is 9.09. The fourth-order valence-corrected chi connectivity index (χ4v) is 3.03. The first-order valence-electron chi connectivity index (χ1n) is 8.77. The Hall–Kier alpha value is -1.31. The van der Waals surface area contributed by atoms with E-state index in [0.29, 0.717) is 30.6 Å². The van der Waals surface area contributed by atoms with Crippen molar-refractivity contribution in [1.82, 2.24) is 4.90 Å². The fourth-order valence-electron chi connectivity index (χ4n) is 2.46. The van der Waals surface area contributed by atoms with Gasteiger partial charge in [-0.2, -0.15) is 0 Å². The number of hydrogen-bond donors (Lipinski definition) is 1. The Labute approximate surface area is 152 Å². The minimum atomic E-state index is -3.27. The van der Waals surface area contributed by atoms with Crippen molar-refractivity contribution in [2.24, 2.45) is 5.92 Å². The van der Waals surface area contributed by atoms with Gasteiger partial charge in [0.1, 0.15) is 12.4 Å². The Morgan fingerprint density at radius 1 is 1.04 bits per heavy atom. The highest BCUT2D eigenvalue weighted by Crippen LogP contribution is 2.17. The van der Waals surface area contributed by atoms with Crippen LogP contribution in [-0.2, 0) is 14.8 Å². The molecule has 0 saturated heterocycles. The smallest absolute Gasteiger partial charge is 0.229 e. The zero-order chi connectivity index (χ0) is 18.9. The predicted octanol–water partition coefficient (Wildman–Crippen LogP) is 2.82. The van der Waals surface area contributed by atoms with Crippen LogP contribution in [-0.4, -0.2) is 58.5 Å². The Bertz CT molecular complexity index is 584. The lowest BCUT2D eigenvalue weighted by molar-refractivity contribution is 0.0303. The molecular formula is C18H32N2O4S. The highest BCUT2D eigenvalue weighted by molar-refractivity contribution is 7.92. The second-order valence-electron chi connectivity index (χ2n) is 6.52. The summed E-state index contributed by atoms with van der Waals surface area (Å²) in [7, 11) is -3.27. The molecule has 25 heavy (non-hydrogen) atoms. The van der Waals surface area contributed by atoms with Gasteiger partial charge in [-0.15, -0.1) is 0 Å². The molecular weight excluding hydrogens is 340 g/mol. The molecule has 0 aliphatic rings. The molecule has 6 nitrogen and oxygen atoms in total. The summed E-state index contributed by atoms with van der Waals surface area (Å²) in [5, 5.41) is 0. The van der Waals surface area contributed by atoms with Crippen molar-refractivity contribution in [3.05, 3.63) is 24.3 Å². The van der Waals surface area contributed by atoms with E-state index in [1.807, 2.05) is 0 Å². The van der Waals surface area contributed by atoms with Crippen LogP contribution in [0.2, 0.25) is 0 Å². The van der Waals surface area contributed by atoms with Gasteiger partial charge in [0.15, 0.2) is 0 Å². The largest absolute Gasteiger partial charge is 0.492 e. The predicted molar refractivity (Wildman–Crippen MR) is 103 cm³/mol. The van der Waals surface area contributed by atoms with Crippen LogP contribution in [0.5, 0.6) is 5.75 Å². The van der Waals surface area contributed by atoms with E-state index in [2.05, 4.69) is 37.3 Å². The monoisotopic (exact) mass is 372 g/mol. The van der Waals surface area contributed by atoms with Crippen LogP contribution < -0.4 is 9.46 Å². The summed E-state index contributed by atoms with van der Waals surface area (Å²) in [5.74, 6) is 1.22. The number of anilines is 1. The summed E-state index contributed by atoms with van der Waals surface area (Å²) in [5.41, 5.74) is 0.524. The first-order chi connectivity index (χ1) is 11.7. The van der Waals surface area contributed by atoms with Crippen LogP contribution in [0.25, 0.3) is 0 Å².